The van der Waals surface area contributed by atoms with Gasteiger partial charge in [0.15, 0.2) is 5.82 Å². The highest BCUT2D eigenvalue weighted by molar-refractivity contribution is 6.34. The van der Waals surface area contributed by atoms with Crippen LogP contribution in [0.15, 0.2) is 18.2 Å². The molecule has 0 aliphatic carbocycles. The van der Waals surface area contributed by atoms with E-state index >= 15 is 0 Å². The van der Waals surface area contributed by atoms with Gasteiger partial charge in [0, 0.05) is 11.1 Å². The third-order valence-electron chi connectivity index (χ3n) is 3.28. The van der Waals surface area contributed by atoms with Crippen molar-refractivity contribution in [3.05, 3.63) is 45.2 Å². The second-order valence-corrected chi connectivity index (χ2v) is 5.66. The lowest BCUT2D eigenvalue weighted by molar-refractivity contribution is 0.848. The number of hydrogen-bond donors (Lipinski definition) is 0. The summed E-state index contributed by atoms with van der Waals surface area (Å²) in [6, 6.07) is 6.03. The topological polar surface area (TPSA) is 25.8 Å². The maximum atomic E-state index is 6.24. The van der Waals surface area contributed by atoms with Crippen molar-refractivity contribution in [3.8, 4) is 11.4 Å². The lowest BCUT2D eigenvalue weighted by Crippen LogP contribution is -2.00. The van der Waals surface area contributed by atoms with Crippen LogP contribution in [0.3, 0.4) is 0 Å². The van der Waals surface area contributed by atoms with Gasteiger partial charge in [0.2, 0.25) is 0 Å². The summed E-state index contributed by atoms with van der Waals surface area (Å²) in [7, 11) is 0. The van der Waals surface area contributed by atoms with E-state index in [1.54, 1.807) is 0 Å². The van der Waals surface area contributed by atoms with E-state index in [-0.39, 0.29) is 5.92 Å². The molecule has 100 valence electrons. The molecule has 0 amide bonds. The molecule has 19 heavy (non-hydrogen) atoms. The largest absolute Gasteiger partial charge is 0.216 e. The number of nitrogens with zero attached hydrogens (tertiary/aromatic N) is 2. The summed E-state index contributed by atoms with van der Waals surface area (Å²) in [5.41, 5.74) is 4.12. The highest BCUT2D eigenvalue weighted by Gasteiger charge is 2.16. The average Bonchev–Trinajstić information content (AvgIpc) is 2.31. The van der Waals surface area contributed by atoms with Crippen molar-refractivity contribution < 1.29 is 0 Å². The maximum absolute atomic E-state index is 6.24. The van der Waals surface area contributed by atoms with Gasteiger partial charge >= 0.3 is 0 Å². The fraction of sp³-hybridized carbons (Fsp3) is 0.333. The molecule has 0 aliphatic heterocycles. The molecule has 4 heteroatoms. The molecule has 2 aromatic rings. The molecule has 0 atom stereocenters. The predicted octanol–water partition coefficient (Wildman–Crippen LogP) is 5.19. The maximum Gasteiger partial charge on any atom is 0.162 e. The van der Waals surface area contributed by atoms with E-state index in [1.807, 2.05) is 32.9 Å². The Morgan fingerprint density at radius 2 is 1.58 bits per heavy atom. The van der Waals surface area contributed by atoms with Gasteiger partial charge in [-0.25, -0.2) is 9.97 Å². The summed E-state index contributed by atoms with van der Waals surface area (Å²) in [5.74, 6) is 0.785. The van der Waals surface area contributed by atoms with Gasteiger partial charge in [0.1, 0.15) is 10.3 Å². The number of aryl methyl sites for hydroxylation is 1. The Balaban J connectivity index is 2.62. The van der Waals surface area contributed by atoms with Crippen LogP contribution < -0.4 is 0 Å². The van der Waals surface area contributed by atoms with E-state index < -0.39 is 0 Å². The second-order valence-electron chi connectivity index (χ2n) is 4.94. The standard InChI is InChI=1S/C15H16Cl2N2/c1-8(2)12-13(16)18-15(19-14(12)17)11-7-5-6-9(3)10(11)4/h5-8H,1-4H3. The molecule has 0 N–H and O–H groups in total. The minimum atomic E-state index is 0.202. The number of aromatic nitrogens is 2. The fourth-order valence-electron chi connectivity index (χ4n) is 2.01. The number of halogens is 2. The van der Waals surface area contributed by atoms with Crippen LogP contribution >= 0.6 is 23.2 Å². The van der Waals surface area contributed by atoms with Crippen LogP contribution in [0.4, 0.5) is 0 Å². The zero-order valence-electron chi connectivity index (χ0n) is 11.5. The molecule has 0 spiro atoms. The van der Waals surface area contributed by atoms with Crippen LogP contribution in [-0.4, -0.2) is 9.97 Å². The van der Waals surface area contributed by atoms with E-state index in [1.165, 1.54) is 5.56 Å². The second kappa shape index (κ2) is 5.48. The Morgan fingerprint density at radius 3 is 2.11 bits per heavy atom. The average molecular weight is 295 g/mol. The van der Waals surface area contributed by atoms with Crippen molar-refractivity contribution in [2.24, 2.45) is 0 Å². The number of hydrogen-bond acceptors (Lipinski definition) is 2. The van der Waals surface area contributed by atoms with Crippen molar-refractivity contribution in [2.45, 2.75) is 33.6 Å². The summed E-state index contributed by atoms with van der Waals surface area (Å²) in [5, 5.41) is 0.872. The van der Waals surface area contributed by atoms with Crippen molar-refractivity contribution in [1.29, 1.82) is 0 Å². The Morgan fingerprint density at radius 1 is 1.00 bits per heavy atom. The molecule has 2 rings (SSSR count). The Hall–Kier alpha value is -1.12. The molecule has 0 saturated heterocycles. The van der Waals surface area contributed by atoms with Gasteiger partial charge in [-0.3, -0.25) is 0 Å². The van der Waals surface area contributed by atoms with Crippen LogP contribution in [0.25, 0.3) is 11.4 Å². The molecule has 0 bridgehead atoms. The van der Waals surface area contributed by atoms with E-state index in [4.69, 9.17) is 23.2 Å². The van der Waals surface area contributed by atoms with Gasteiger partial charge in [0.05, 0.1) is 0 Å². The first-order valence-electron chi connectivity index (χ1n) is 6.21. The van der Waals surface area contributed by atoms with Gasteiger partial charge in [0.25, 0.3) is 0 Å². The Bertz CT molecular complexity index is 599. The first kappa shape index (κ1) is 14.3. The van der Waals surface area contributed by atoms with E-state index in [0.717, 1.165) is 16.7 Å². The lowest BCUT2D eigenvalue weighted by atomic mass is 10.0. The van der Waals surface area contributed by atoms with Crippen LogP contribution in [0, 0.1) is 13.8 Å². The third-order valence-corrected chi connectivity index (χ3v) is 3.85. The number of benzene rings is 1. The molecule has 0 saturated carbocycles. The minimum Gasteiger partial charge on any atom is -0.216 e. The van der Waals surface area contributed by atoms with Crippen molar-refractivity contribution in [2.75, 3.05) is 0 Å². The zero-order valence-corrected chi connectivity index (χ0v) is 13.0. The number of rotatable bonds is 2. The van der Waals surface area contributed by atoms with Gasteiger partial charge in [-0.15, -0.1) is 0 Å². The molecule has 1 heterocycles. The minimum absolute atomic E-state index is 0.202. The predicted molar refractivity (Wildman–Crippen MR) is 81.1 cm³/mol. The third kappa shape index (κ3) is 2.75. The Labute approximate surface area is 123 Å². The van der Waals surface area contributed by atoms with E-state index in [2.05, 4.69) is 23.0 Å². The summed E-state index contributed by atoms with van der Waals surface area (Å²) in [6.07, 6.45) is 0. The van der Waals surface area contributed by atoms with Crippen molar-refractivity contribution in [3.63, 3.8) is 0 Å². The molecule has 1 aromatic carbocycles. The summed E-state index contributed by atoms with van der Waals surface area (Å²) >= 11 is 12.5. The van der Waals surface area contributed by atoms with Gasteiger partial charge < -0.3 is 0 Å². The molecule has 1 aromatic heterocycles. The fourth-order valence-corrected chi connectivity index (χ4v) is 2.83. The van der Waals surface area contributed by atoms with Crippen LogP contribution in [0.2, 0.25) is 10.3 Å². The van der Waals surface area contributed by atoms with Crippen LogP contribution in [0.1, 0.15) is 36.5 Å². The van der Waals surface area contributed by atoms with Gasteiger partial charge in [-0.05, 0) is 30.9 Å². The van der Waals surface area contributed by atoms with Crippen molar-refractivity contribution >= 4 is 23.2 Å². The zero-order chi connectivity index (χ0) is 14.2. The van der Waals surface area contributed by atoms with E-state index in [9.17, 15) is 0 Å². The summed E-state index contributed by atoms with van der Waals surface area (Å²) < 4.78 is 0. The smallest absolute Gasteiger partial charge is 0.162 e. The monoisotopic (exact) mass is 294 g/mol. The lowest BCUT2D eigenvalue weighted by Gasteiger charge is -2.12. The molecular formula is C15H16Cl2N2. The normalized spacial score (nSPS) is 11.1. The molecule has 0 fully saturated rings. The first-order valence-corrected chi connectivity index (χ1v) is 6.97. The summed E-state index contributed by atoms with van der Waals surface area (Å²) in [6.45, 7) is 8.15. The summed E-state index contributed by atoms with van der Waals surface area (Å²) in [4.78, 5) is 8.79. The van der Waals surface area contributed by atoms with Gasteiger partial charge in [-0.1, -0.05) is 55.2 Å². The molecule has 0 aliphatic rings. The molecule has 0 radical (unpaired) electrons. The van der Waals surface area contributed by atoms with Crippen LogP contribution in [0.5, 0.6) is 0 Å². The first-order chi connectivity index (χ1) is 8.91. The molecular weight excluding hydrogens is 279 g/mol. The van der Waals surface area contributed by atoms with Gasteiger partial charge in [-0.2, -0.15) is 0 Å². The SMILES string of the molecule is Cc1cccc(-c2nc(Cl)c(C(C)C)c(Cl)n2)c1C. The molecule has 0 unspecified atom stereocenters. The Kier molecular flexibility index (Phi) is 4.12. The highest BCUT2D eigenvalue weighted by atomic mass is 35.5. The van der Waals surface area contributed by atoms with Crippen molar-refractivity contribution in [1.82, 2.24) is 9.97 Å². The highest BCUT2D eigenvalue weighted by Crippen LogP contribution is 2.32. The molecule has 2 nitrogen and oxygen atoms in total. The van der Waals surface area contributed by atoms with Crippen LogP contribution in [-0.2, 0) is 0 Å². The van der Waals surface area contributed by atoms with E-state index in [0.29, 0.717) is 16.1 Å². The quantitative estimate of drug-likeness (QED) is 0.712.